The number of aromatic amines is 1. The van der Waals surface area contributed by atoms with Gasteiger partial charge in [0.2, 0.25) is 11.8 Å². The summed E-state index contributed by atoms with van der Waals surface area (Å²) >= 11 is 7.34. The van der Waals surface area contributed by atoms with Crippen LogP contribution in [0.2, 0.25) is 5.02 Å². The maximum absolute atomic E-state index is 13.1. The summed E-state index contributed by atoms with van der Waals surface area (Å²) in [6.45, 7) is 1.76. The van der Waals surface area contributed by atoms with E-state index in [1.54, 1.807) is 37.3 Å². The monoisotopic (exact) mass is 472 g/mol. The molecule has 3 aromatic rings. The summed E-state index contributed by atoms with van der Waals surface area (Å²) in [6, 6.07) is 11.1. The molecular weight excluding hydrogens is 455 g/mol. The molecule has 2 amide bonds. The highest BCUT2D eigenvalue weighted by molar-refractivity contribution is 7.98. The Morgan fingerprint density at radius 1 is 1.25 bits per heavy atom. The van der Waals surface area contributed by atoms with Gasteiger partial charge in [0.15, 0.2) is 5.16 Å². The molecule has 0 fully saturated rings. The van der Waals surface area contributed by atoms with Crippen molar-refractivity contribution in [1.82, 2.24) is 9.97 Å². The fraction of sp³-hybridized carbons (Fsp3) is 0.182. The Kier molecular flexibility index (Phi) is 6.29. The lowest BCUT2D eigenvalue weighted by Gasteiger charge is -2.24. The first-order chi connectivity index (χ1) is 15.3. The lowest BCUT2D eigenvalue weighted by molar-refractivity contribution is -0.123. The van der Waals surface area contributed by atoms with Crippen molar-refractivity contribution >= 4 is 46.7 Å². The normalized spacial score (nSPS) is 15.1. The summed E-state index contributed by atoms with van der Waals surface area (Å²) in [6.07, 6.45) is -0.175. The molecule has 3 N–H and O–H groups in total. The Morgan fingerprint density at radius 3 is 2.75 bits per heavy atom. The van der Waals surface area contributed by atoms with Gasteiger partial charge >= 0.3 is 0 Å². The molecule has 4 rings (SSSR count). The van der Waals surface area contributed by atoms with Crippen LogP contribution in [0.15, 0.2) is 52.4 Å². The first kappa shape index (κ1) is 22.0. The number of carbonyl (C=O) groups is 2. The van der Waals surface area contributed by atoms with Crippen molar-refractivity contribution in [2.45, 2.75) is 30.2 Å². The van der Waals surface area contributed by atoms with Gasteiger partial charge in [0.1, 0.15) is 11.6 Å². The van der Waals surface area contributed by atoms with Crippen LogP contribution >= 0.6 is 23.4 Å². The number of amides is 2. The van der Waals surface area contributed by atoms with Crippen LogP contribution in [0.25, 0.3) is 0 Å². The predicted molar refractivity (Wildman–Crippen MR) is 122 cm³/mol. The molecule has 0 saturated heterocycles. The molecule has 0 saturated carbocycles. The Bertz CT molecular complexity index is 1260. The van der Waals surface area contributed by atoms with Gasteiger partial charge in [-0.1, -0.05) is 41.6 Å². The molecule has 10 heteroatoms. The summed E-state index contributed by atoms with van der Waals surface area (Å²) in [7, 11) is 0. The molecule has 0 bridgehead atoms. The van der Waals surface area contributed by atoms with E-state index in [0.29, 0.717) is 22.0 Å². The zero-order valence-electron chi connectivity index (χ0n) is 16.9. The standard InChI is InChI=1S/C22H18ClFN4O3S/c1-11-15(23)3-2-4-16(11)25-20(30)14-9-17(29)26-19-18(14)21(31)28-22(27-19)32-10-12-5-7-13(24)8-6-12/h2-8,14H,9-10H2,1H3,(H,25,30)(H2,26,27,28,29,31). The van der Waals surface area contributed by atoms with Crippen molar-refractivity contribution in [3.63, 3.8) is 0 Å². The van der Waals surface area contributed by atoms with E-state index in [-0.39, 0.29) is 28.8 Å². The number of benzene rings is 2. The Hall–Kier alpha value is -3.17. The van der Waals surface area contributed by atoms with Crippen LogP contribution in [0, 0.1) is 12.7 Å². The van der Waals surface area contributed by atoms with Gasteiger partial charge in [-0.05, 0) is 42.3 Å². The fourth-order valence-electron chi connectivity index (χ4n) is 3.34. The number of rotatable bonds is 5. The van der Waals surface area contributed by atoms with E-state index in [0.717, 1.165) is 5.56 Å². The summed E-state index contributed by atoms with van der Waals surface area (Å²) in [5.74, 6) is -1.73. The summed E-state index contributed by atoms with van der Waals surface area (Å²) in [5.41, 5.74) is 1.64. The van der Waals surface area contributed by atoms with E-state index in [1.165, 1.54) is 23.9 Å². The maximum Gasteiger partial charge on any atom is 0.257 e. The van der Waals surface area contributed by atoms with Crippen molar-refractivity contribution in [1.29, 1.82) is 0 Å². The molecule has 1 unspecified atom stereocenters. The van der Waals surface area contributed by atoms with Gasteiger partial charge < -0.3 is 15.6 Å². The second-order valence-corrected chi connectivity index (χ2v) is 8.63. The summed E-state index contributed by atoms with van der Waals surface area (Å²) in [4.78, 5) is 45.0. The highest BCUT2D eigenvalue weighted by Crippen LogP contribution is 2.32. The smallest absolute Gasteiger partial charge is 0.257 e. The van der Waals surface area contributed by atoms with Gasteiger partial charge in [0, 0.05) is 22.9 Å². The number of fused-ring (bicyclic) bond motifs is 1. The molecule has 164 valence electrons. The lowest BCUT2D eigenvalue weighted by Crippen LogP contribution is -2.36. The second-order valence-electron chi connectivity index (χ2n) is 7.26. The molecule has 7 nitrogen and oxygen atoms in total. The fourth-order valence-corrected chi connectivity index (χ4v) is 4.33. The van der Waals surface area contributed by atoms with Crippen molar-refractivity contribution in [3.05, 3.63) is 80.3 Å². The zero-order valence-corrected chi connectivity index (χ0v) is 18.4. The number of nitrogens with one attached hydrogen (secondary N) is 3. The summed E-state index contributed by atoms with van der Waals surface area (Å²) < 4.78 is 13.1. The largest absolute Gasteiger partial charge is 0.325 e. The van der Waals surface area contributed by atoms with Crippen molar-refractivity contribution in [2.24, 2.45) is 0 Å². The highest BCUT2D eigenvalue weighted by Gasteiger charge is 2.35. The van der Waals surface area contributed by atoms with Gasteiger partial charge in [-0.15, -0.1) is 0 Å². The SMILES string of the molecule is Cc1c(Cl)cccc1NC(=O)C1CC(=O)Nc2nc(SCc3ccc(F)cc3)[nH]c(=O)c21. The number of halogens is 2. The molecule has 2 heterocycles. The van der Waals surface area contributed by atoms with Crippen LogP contribution in [0.5, 0.6) is 0 Å². The van der Waals surface area contributed by atoms with Crippen LogP contribution < -0.4 is 16.2 Å². The molecule has 32 heavy (non-hydrogen) atoms. The number of anilines is 2. The molecular formula is C22H18ClFN4O3S. The van der Waals surface area contributed by atoms with Crippen LogP contribution in [0.1, 0.15) is 29.0 Å². The predicted octanol–water partition coefficient (Wildman–Crippen LogP) is 4.23. The third-order valence-electron chi connectivity index (χ3n) is 5.06. The third kappa shape index (κ3) is 4.68. The maximum atomic E-state index is 13.1. The van der Waals surface area contributed by atoms with Gasteiger partial charge in [-0.3, -0.25) is 14.4 Å². The number of nitrogens with zero attached hydrogens (tertiary/aromatic N) is 1. The van der Waals surface area contributed by atoms with Crippen LogP contribution in [0.4, 0.5) is 15.9 Å². The van der Waals surface area contributed by atoms with Gasteiger partial charge in [0.05, 0.1) is 11.5 Å². The number of carbonyl (C=O) groups excluding carboxylic acids is 2. The molecule has 1 aliphatic rings. The van der Waals surface area contributed by atoms with Crippen molar-refractivity contribution in [2.75, 3.05) is 10.6 Å². The molecule has 0 radical (unpaired) electrons. The number of thioether (sulfide) groups is 1. The van der Waals surface area contributed by atoms with Gasteiger partial charge in [-0.25, -0.2) is 9.37 Å². The Labute approximate surface area is 191 Å². The van der Waals surface area contributed by atoms with Crippen molar-refractivity contribution < 1.29 is 14.0 Å². The van der Waals surface area contributed by atoms with Crippen LogP contribution in [-0.4, -0.2) is 21.8 Å². The van der Waals surface area contributed by atoms with Crippen LogP contribution in [-0.2, 0) is 15.3 Å². The topological polar surface area (TPSA) is 104 Å². The van der Waals surface area contributed by atoms with E-state index < -0.39 is 23.3 Å². The number of hydrogen-bond donors (Lipinski definition) is 3. The van der Waals surface area contributed by atoms with Crippen LogP contribution in [0.3, 0.4) is 0 Å². The Balaban J connectivity index is 1.58. The average molecular weight is 473 g/mol. The zero-order chi connectivity index (χ0) is 22.8. The molecule has 0 spiro atoms. The highest BCUT2D eigenvalue weighted by atomic mass is 35.5. The lowest BCUT2D eigenvalue weighted by atomic mass is 9.92. The number of H-pyrrole nitrogens is 1. The number of hydrogen-bond acceptors (Lipinski definition) is 5. The van der Waals surface area contributed by atoms with Gasteiger partial charge in [0.25, 0.3) is 5.56 Å². The van der Waals surface area contributed by atoms with E-state index >= 15 is 0 Å². The molecule has 1 aromatic heterocycles. The first-order valence-corrected chi connectivity index (χ1v) is 11.1. The average Bonchev–Trinajstić information content (AvgIpc) is 2.75. The van der Waals surface area contributed by atoms with Crippen molar-refractivity contribution in [3.8, 4) is 0 Å². The molecule has 0 aliphatic carbocycles. The van der Waals surface area contributed by atoms with E-state index in [9.17, 15) is 18.8 Å². The second kappa shape index (κ2) is 9.13. The minimum Gasteiger partial charge on any atom is -0.325 e. The van der Waals surface area contributed by atoms with E-state index in [1.807, 2.05) is 0 Å². The molecule has 1 aliphatic heterocycles. The van der Waals surface area contributed by atoms with E-state index in [2.05, 4.69) is 20.6 Å². The first-order valence-electron chi connectivity index (χ1n) is 9.69. The quantitative estimate of drug-likeness (QED) is 0.381. The minimum atomic E-state index is -0.996. The minimum absolute atomic E-state index is 0.0644. The number of aromatic nitrogens is 2. The van der Waals surface area contributed by atoms with E-state index in [4.69, 9.17) is 11.6 Å². The van der Waals surface area contributed by atoms with Gasteiger partial charge in [-0.2, -0.15) is 0 Å². The third-order valence-corrected chi connectivity index (χ3v) is 6.41. The molecule has 2 aromatic carbocycles. The Morgan fingerprint density at radius 2 is 2.00 bits per heavy atom. The molecule has 1 atom stereocenters. The summed E-state index contributed by atoms with van der Waals surface area (Å²) in [5, 5.41) is 6.11.